The lowest BCUT2D eigenvalue weighted by Crippen LogP contribution is -2.31. The Morgan fingerprint density at radius 1 is 1.15 bits per heavy atom. The molecule has 1 heterocycles. The summed E-state index contributed by atoms with van der Waals surface area (Å²) in [6.45, 7) is 1.90. The molecular formula is C20H20FN3O2S. The maximum atomic E-state index is 13.1. The van der Waals surface area contributed by atoms with Crippen LogP contribution in [0.5, 0.6) is 0 Å². The fraction of sp³-hybridized carbons (Fsp3) is 0.250. The standard InChI is InChI=1S/C20H20FN3O2S/c1-14(16-8-10-17(21)11-9-16)24(2)19(25)13-27-20-23-22-18(26-20)12-15-6-4-3-5-7-15/h3-11,14H,12-13H2,1-2H3. The Morgan fingerprint density at radius 3 is 2.56 bits per heavy atom. The Kier molecular flexibility index (Phi) is 6.24. The van der Waals surface area contributed by atoms with Gasteiger partial charge >= 0.3 is 0 Å². The van der Waals surface area contributed by atoms with Crippen molar-refractivity contribution in [1.82, 2.24) is 15.1 Å². The van der Waals surface area contributed by atoms with E-state index >= 15 is 0 Å². The Labute approximate surface area is 161 Å². The number of amides is 1. The van der Waals surface area contributed by atoms with E-state index in [1.165, 1.54) is 23.9 Å². The van der Waals surface area contributed by atoms with Crippen LogP contribution in [0.2, 0.25) is 0 Å². The smallest absolute Gasteiger partial charge is 0.277 e. The van der Waals surface area contributed by atoms with Crippen molar-refractivity contribution in [2.45, 2.75) is 24.6 Å². The largest absolute Gasteiger partial charge is 0.416 e. The Hall–Kier alpha value is -2.67. The van der Waals surface area contributed by atoms with E-state index in [2.05, 4.69) is 10.2 Å². The molecule has 0 fully saturated rings. The minimum absolute atomic E-state index is 0.0698. The summed E-state index contributed by atoms with van der Waals surface area (Å²) in [5.41, 5.74) is 1.96. The molecule has 1 aromatic heterocycles. The van der Waals surface area contributed by atoms with Crippen molar-refractivity contribution in [3.05, 3.63) is 77.4 Å². The molecule has 0 aliphatic heterocycles. The number of carbonyl (C=O) groups excluding carboxylic acids is 1. The molecule has 5 nitrogen and oxygen atoms in total. The first-order valence-corrected chi connectivity index (χ1v) is 9.51. The number of hydrogen-bond acceptors (Lipinski definition) is 5. The minimum Gasteiger partial charge on any atom is -0.416 e. The number of hydrogen-bond donors (Lipinski definition) is 0. The van der Waals surface area contributed by atoms with E-state index in [-0.39, 0.29) is 23.5 Å². The van der Waals surface area contributed by atoms with Gasteiger partial charge in [0, 0.05) is 7.05 Å². The summed E-state index contributed by atoms with van der Waals surface area (Å²) in [4.78, 5) is 14.1. The first-order valence-electron chi connectivity index (χ1n) is 8.53. The normalized spacial score (nSPS) is 12.0. The highest BCUT2D eigenvalue weighted by Gasteiger charge is 2.19. The maximum Gasteiger partial charge on any atom is 0.277 e. The molecule has 0 spiro atoms. The lowest BCUT2D eigenvalue weighted by Gasteiger charge is -2.25. The van der Waals surface area contributed by atoms with E-state index in [1.807, 2.05) is 37.3 Å². The molecule has 0 radical (unpaired) electrons. The number of halogens is 1. The summed E-state index contributed by atoms with van der Waals surface area (Å²) in [5, 5.41) is 8.39. The zero-order valence-corrected chi connectivity index (χ0v) is 15.9. The molecule has 7 heteroatoms. The number of nitrogens with zero attached hydrogens (tertiary/aromatic N) is 3. The van der Waals surface area contributed by atoms with Crippen molar-refractivity contribution >= 4 is 17.7 Å². The molecule has 140 valence electrons. The van der Waals surface area contributed by atoms with Gasteiger partial charge in [0.2, 0.25) is 11.8 Å². The summed E-state index contributed by atoms with van der Waals surface area (Å²) < 4.78 is 18.7. The quantitative estimate of drug-likeness (QED) is 0.573. The third-order valence-corrected chi connectivity index (χ3v) is 5.10. The van der Waals surface area contributed by atoms with Crippen LogP contribution in [0.1, 0.15) is 30.0 Å². The van der Waals surface area contributed by atoms with Crippen LogP contribution < -0.4 is 0 Å². The molecule has 3 rings (SSSR count). The highest BCUT2D eigenvalue weighted by Crippen LogP contribution is 2.22. The van der Waals surface area contributed by atoms with Gasteiger partial charge in [-0.1, -0.05) is 54.2 Å². The van der Waals surface area contributed by atoms with Gasteiger partial charge in [-0.2, -0.15) is 0 Å². The van der Waals surface area contributed by atoms with Crippen LogP contribution in [0.25, 0.3) is 0 Å². The van der Waals surface area contributed by atoms with E-state index in [1.54, 1.807) is 24.1 Å². The molecule has 0 aliphatic carbocycles. The second kappa shape index (κ2) is 8.81. The van der Waals surface area contributed by atoms with Crippen LogP contribution in [0.4, 0.5) is 4.39 Å². The third-order valence-electron chi connectivity index (χ3n) is 4.29. The van der Waals surface area contributed by atoms with Gasteiger partial charge < -0.3 is 9.32 Å². The van der Waals surface area contributed by atoms with E-state index in [0.717, 1.165) is 11.1 Å². The van der Waals surface area contributed by atoms with Gasteiger partial charge in [-0.25, -0.2) is 4.39 Å². The van der Waals surface area contributed by atoms with Crippen LogP contribution >= 0.6 is 11.8 Å². The molecular weight excluding hydrogens is 365 g/mol. The number of aromatic nitrogens is 2. The van der Waals surface area contributed by atoms with Crippen LogP contribution in [0.15, 0.2) is 64.2 Å². The van der Waals surface area contributed by atoms with Gasteiger partial charge in [0.25, 0.3) is 5.22 Å². The Bertz CT molecular complexity index is 884. The Balaban J connectivity index is 1.53. The number of thioether (sulfide) groups is 1. The fourth-order valence-electron chi connectivity index (χ4n) is 2.54. The molecule has 0 aliphatic rings. The van der Waals surface area contributed by atoms with Crippen LogP contribution in [-0.2, 0) is 11.2 Å². The fourth-order valence-corrected chi connectivity index (χ4v) is 3.25. The SMILES string of the molecule is CC(c1ccc(F)cc1)N(C)C(=O)CSc1nnc(Cc2ccccc2)o1. The molecule has 0 bridgehead atoms. The first-order chi connectivity index (χ1) is 13.0. The van der Waals surface area contributed by atoms with E-state index < -0.39 is 0 Å². The van der Waals surface area contributed by atoms with Crippen molar-refractivity contribution in [3.8, 4) is 0 Å². The summed E-state index contributed by atoms with van der Waals surface area (Å²) >= 11 is 1.21. The second-order valence-corrected chi connectivity index (χ2v) is 7.07. The summed E-state index contributed by atoms with van der Waals surface area (Å²) in [7, 11) is 1.73. The predicted octanol–water partition coefficient (Wildman–Crippen LogP) is 4.11. The van der Waals surface area contributed by atoms with Crippen molar-refractivity contribution < 1.29 is 13.6 Å². The molecule has 2 aromatic carbocycles. The molecule has 0 saturated heterocycles. The average molecular weight is 385 g/mol. The topological polar surface area (TPSA) is 59.2 Å². The minimum atomic E-state index is -0.293. The molecule has 1 amide bonds. The van der Waals surface area contributed by atoms with Gasteiger partial charge in [0.05, 0.1) is 18.2 Å². The first kappa shape index (κ1) is 19.1. The second-order valence-electron chi connectivity index (χ2n) is 6.14. The lowest BCUT2D eigenvalue weighted by atomic mass is 10.1. The summed E-state index contributed by atoms with van der Waals surface area (Å²) in [6, 6.07) is 15.9. The molecule has 0 saturated carbocycles. The van der Waals surface area contributed by atoms with Crippen LogP contribution in [-0.4, -0.2) is 33.8 Å². The molecule has 27 heavy (non-hydrogen) atoms. The van der Waals surface area contributed by atoms with E-state index in [9.17, 15) is 9.18 Å². The molecule has 1 atom stereocenters. The molecule has 0 N–H and O–H groups in total. The maximum absolute atomic E-state index is 13.1. The molecule has 1 unspecified atom stereocenters. The van der Waals surface area contributed by atoms with Crippen molar-refractivity contribution in [2.75, 3.05) is 12.8 Å². The highest BCUT2D eigenvalue weighted by atomic mass is 32.2. The van der Waals surface area contributed by atoms with Crippen LogP contribution in [0, 0.1) is 5.82 Å². The van der Waals surface area contributed by atoms with Crippen molar-refractivity contribution in [1.29, 1.82) is 0 Å². The Morgan fingerprint density at radius 2 is 1.85 bits per heavy atom. The van der Waals surface area contributed by atoms with Gasteiger partial charge in [0.15, 0.2) is 0 Å². The highest BCUT2D eigenvalue weighted by molar-refractivity contribution is 7.99. The van der Waals surface area contributed by atoms with E-state index in [0.29, 0.717) is 17.5 Å². The lowest BCUT2D eigenvalue weighted by molar-refractivity contribution is -0.128. The average Bonchev–Trinajstić information content (AvgIpc) is 3.13. The monoisotopic (exact) mass is 385 g/mol. The molecule has 3 aromatic rings. The third kappa shape index (κ3) is 5.17. The number of rotatable bonds is 7. The van der Waals surface area contributed by atoms with Gasteiger partial charge in [-0.3, -0.25) is 4.79 Å². The number of carbonyl (C=O) groups is 1. The van der Waals surface area contributed by atoms with Gasteiger partial charge in [-0.05, 0) is 30.2 Å². The van der Waals surface area contributed by atoms with Gasteiger partial charge in [-0.15, -0.1) is 10.2 Å². The predicted molar refractivity (Wildman–Crippen MR) is 102 cm³/mol. The number of benzene rings is 2. The van der Waals surface area contributed by atoms with Crippen molar-refractivity contribution in [3.63, 3.8) is 0 Å². The van der Waals surface area contributed by atoms with Crippen molar-refractivity contribution in [2.24, 2.45) is 0 Å². The van der Waals surface area contributed by atoms with E-state index in [4.69, 9.17) is 4.42 Å². The van der Waals surface area contributed by atoms with Crippen LogP contribution in [0.3, 0.4) is 0 Å². The summed E-state index contributed by atoms with van der Waals surface area (Å²) in [5.74, 6) is 0.344. The van der Waals surface area contributed by atoms with Gasteiger partial charge in [0.1, 0.15) is 5.82 Å². The summed E-state index contributed by atoms with van der Waals surface area (Å²) in [6.07, 6.45) is 0.559. The zero-order chi connectivity index (χ0) is 19.2. The zero-order valence-electron chi connectivity index (χ0n) is 15.1.